The van der Waals surface area contributed by atoms with Gasteiger partial charge in [0.2, 0.25) is 5.91 Å². The lowest BCUT2D eigenvalue weighted by Crippen LogP contribution is -2.47. The average molecular weight is 290 g/mol. The topological polar surface area (TPSA) is 81.8 Å². The predicted molar refractivity (Wildman–Crippen MR) is 83.5 cm³/mol. The zero-order valence-corrected chi connectivity index (χ0v) is 12.1. The van der Waals surface area contributed by atoms with E-state index in [4.69, 9.17) is 10.8 Å². The molecule has 0 spiro atoms. The Balaban J connectivity index is 1.76. The van der Waals surface area contributed by atoms with Gasteiger partial charge >= 0.3 is 0 Å². The van der Waals surface area contributed by atoms with Crippen molar-refractivity contribution in [3.63, 3.8) is 0 Å². The van der Waals surface area contributed by atoms with Gasteiger partial charge in [0, 0.05) is 44.8 Å². The highest BCUT2D eigenvalue weighted by molar-refractivity contribution is 5.95. The van der Waals surface area contributed by atoms with Crippen molar-refractivity contribution >= 4 is 23.0 Å². The van der Waals surface area contributed by atoms with Crippen molar-refractivity contribution in [1.82, 2.24) is 4.90 Å². The molecule has 0 saturated carbocycles. The van der Waals surface area contributed by atoms with Crippen LogP contribution in [-0.4, -0.2) is 55.2 Å². The largest absolute Gasteiger partial charge is 0.397 e. The van der Waals surface area contributed by atoms with E-state index in [0.29, 0.717) is 12.1 Å². The first-order valence-corrected chi connectivity index (χ1v) is 7.48. The number of nitrogens with zero attached hydrogens (tertiary/aromatic N) is 2. The third-order valence-corrected chi connectivity index (χ3v) is 4.28. The summed E-state index contributed by atoms with van der Waals surface area (Å²) in [5, 5.41) is 11.9. The summed E-state index contributed by atoms with van der Waals surface area (Å²) in [7, 11) is 0. The van der Waals surface area contributed by atoms with Gasteiger partial charge in [-0.05, 0) is 24.1 Å². The van der Waals surface area contributed by atoms with E-state index in [-0.39, 0.29) is 12.5 Å². The number of carbonyl (C=O) groups excluding carboxylic acids is 1. The molecule has 21 heavy (non-hydrogen) atoms. The zero-order valence-electron chi connectivity index (χ0n) is 12.1. The Morgan fingerprint density at radius 2 is 1.95 bits per heavy atom. The van der Waals surface area contributed by atoms with Gasteiger partial charge in [-0.1, -0.05) is 0 Å². The molecule has 0 bridgehead atoms. The van der Waals surface area contributed by atoms with Crippen LogP contribution < -0.4 is 16.0 Å². The summed E-state index contributed by atoms with van der Waals surface area (Å²) in [5.41, 5.74) is 9.96. The van der Waals surface area contributed by atoms with Gasteiger partial charge in [0.15, 0.2) is 0 Å². The number of anilines is 3. The summed E-state index contributed by atoms with van der Waals surface area (Å²) < 4.78 is 0. The molecule has 114 valence electrons. The number of piperazine rings is 1. The van der Waals surface area contributed by atoms with Crippen molar-refractivity contribution in [3.8, 4) is 0 Å². The Hall–Kier alpha value is -1.79. The first-order chi connectivity index (χ1) is 10.2. The van der Waals surface area contributed by atoms with E-state index >= 15 is 0 Å². The fourth-order valence-electron chi connectivity index (χ4n) is 3.06. The first kappa shape index (κ1) is 14.2. The Morgan fingerprint density at radius 3 is 2.67 bits per heavy atom. The standard InChI is InChI=1S/C15H22N4O2/c16-12-10-13-11(1-2-15(21)17-13)9-14(12)19-5-3-18(4-6-19)7-8-20/h9-10,20H,1-8,16H2,(H,17,21). The van der Waals surface area contributed by atoms with E-state index in [0.717, 1.165) is 56.1 Å². The zero-order chi connectivity index (χ0) is 14.8. The number of aryl methyl sites for hydroxylation is 1. The number of nitrogens with two attached hydrogens (primary N) is 1. The molecular formula is C15H22N4O2. The van der Waals surface area contributed by atoms with E-state index in [9.17, 15) is 4.79 Å². The van der Waals surface area contributed by atoms with Crippen LogP contribution in [0.3, 0.4) is 0 Å². The Labute approximate surface area is 124 Å². The summed E-state index contributed by atoms with van der Waals surface area (Å²) in [6.07, 6.45) is 1.32. The van der Waals surface area contributed by atoms with Crippen LogP contribution in [0.15, 0.2) is 12.1 Å². The molecule has 2 heterocycles. The summed E-state index contributed by atoms with van der Waals surface area (Å²) >= 11 is 0. The van der Waals surface area contributed by atoms with Crippen molar-refractivity contribution in [2.24, 2.45) is 0 Å². The van der Waals surface area contributed by atoms with Gasteiger partial charge in [-0.15, -0.1) is 0 Å². The van der Waals surface area contributed by atoms with Crippen molar-refractivity contribution in [1.29, 1.82) is 0 Å². The molecule has 1 aromatic carbocycles. The molecule has 0 radical (unpaired) electrons. The van der Waals surface area contributed by atoms with Crippen LogP contribution in [0.4, 0.5) is 17.1 Å². The van der Waals surface area contributed by atoms with Crippen molar-refractivity contribution in [2.75, 3.05) is 55.3 Å². The fraction of sp³-hybridized carbons (Fsp3) is 0.533. The SMILES string of the molecule is Nc1cc2c(cc1N1CCN(CCO)CC1)CCC(=O)N2. The fourth-order valence-corrected chi connectivity index (χ4v) is 3.06. The van der Waals surface area contributed by atoms with Gasteiger partial charge in [-0.3, -0.25) is 9.69 Å². The molecule has 0 aliphatic carbocycles. The minimum atomic E-state index is 0.0623. The first-order valence-electron chi connectivity index (χ1n) is 7.48. The number of nitrogens with one attached hydrogen (secondary N) is 1. The average Bonchev–Trinajstić information content (AvgIpc) is 2.48. The second-order valence-electron chi connectivity index (χ2n) is 5.67. The molecule has 1 saturated heterocycles. The highest BCUT2D eigenvalue weighted by atomic mass is 16.3. The number of fused-ring (bicyclic) bond motifs is 1. The molecule has 1 fully saturated rings. The maximum atomic E-state index is 11.4. The smallest absolute Gasteiger partial charge is 0.224 e. The van der Waals surface area contributed by atoms with E-state index in [1.165, 1.54) is 0 Å². The number of hydrogen-bond donors (Lipinski definition) is 3. The number of carbonyl (C=O) groups is 1. The number of nitrogen functional groups attached to an aromatic ring is 1. The third kappa shape index (κ3) is 2.96. The summed E-state index contributed by atoms with van der Waals surface area (Å²) in [6, 6.07) is 3.99. The monoisotopic (exact) mass is 290 g/mol. The van der Waals surface area contributed by atoms with Crippen molar-refractivity contribution in [3.05, 3.63) is 17.7 Å². The van der Waals surface area contributed by atoms with Crippen molar-refractivity contribution in [2.45, 2.75) is 12.8 Å². The van der Waals surface area contributed by atoms with Gasteiger partial charge in [0.25, 0.3) is 0 Å². The Morgan fingerprint density at radius 1 is 1.19 bits per heavy atom. The molecule has 0 aromatic heterocycles. The van der Waals surface area contributed by atoms with E-state index in [2.05, 4.69) is 21.2 Å². The second-order valence-corrected chi connectivity index (χ2v) is 5.67. The normalized spacial score (nSPS) is 19.3. The van der Waals surface area contributed by atoms with Crippen LogP contribution in [-0.2, 0) is 11.2 Å². The lowest BCUT2D eigenvalue weighted by molar-refractivity contribution is -0.116. The highest BCUT2D eigenvalue weighted by Crippen LogP contribution is 2.33. The van der Waals surface area contributed by atoms with Gasteiger partial charge in [-0.2, -0.15) is 0 Å². The summed E-state index contributed by atoms with van der Waals surface area (Å²) in [4.78, 5) is 16.0. The number of rotatable bonds is 3. The van der Waals surface area contributed by atoms with Gasteiger partial charge < -0.3 is 21.1 Å². The molecule has 0 unspecified atom stereocenters. The van der Waals surface area contributed by atoms with Crippen LogP contribution >= 0.6 is 0 Å². The number of aliphatic hydroxyl groups excluding tert-OH is 1. The van der Waals surface area contributed by atoms with E-state index in [1.807, 2.05) is 6.07 Å². The summed E-state index contributed by atoms with van der Waals surface area (Å²) in [5.74, 6) is 0.0623. The van der Waals surface area contributed by atoms with Gasteiger partial charge in [0.05, 0.1) is 18.0 Å². The minimum absolute atomic E-state index is 0.0623. The highest BCUT2D eigenvalue weighted by Gasteiger charge is 2.22. The van der Waals surface area contributed by atoms with E-state index < -0.39 is 0 Å². The number of hydrogen-bond acceptors (Lipinski definition) is 5. The lowest BCUT2D eigenvalue weighted by atomic mass is 10.0. The quantitative estimate of drug-likeness (QED) is 0.696. The molecule has 2 aliphatic rings. The number of amides is 1. The maximum absolute atomic E-state index is 11.4. The maximum Gasteiger partial charge on any atom is 0.224 e. The number of β-amino-alcohol motifs (C(OH)–C–C–N with tert-alkyl or cyclic N) is 1. The van der Waals surface area contributed by atoms with Gasteiger partial charge in [0.1, 0.15) is 0 Å². The number of aliphatic hydroxyl groups is 1. The Bertz CT molecular complexity index is 539. The second kappa shape index (κ2) is 5.91. The van der Waals surface area contributed by atoms with Crippen LogP contribution in [0.25, 0.3) is 0 Å². The lowest BCUT2D eigenvalue weighted by Gasteiger charge is -2.36. The molecule has 2 aliphatic heterocycles. The summed E-state index contributed by atoms with van der Waals surface area (Å²) in [6.45, 7) is 4.65. The molecule has 0 atom stereocenters. The van der Waals surface area contributed by atoms with Crippen LogP contribution in [0.2, 0.25) is 0 Å². The van der Waals surface area contributed by atoms with Crippen molar-refractivity contribution < 1.29 is 9.90 Å². The minimum Gasteiger partial charge on any atom is -0.397 e. The molecule has 6 heteroatoms. The molecule has 6 nitrogen and oxygen atoms in total. The number of benzene rings is 1. The van der Waals surface area contributed by atoms with Crippen LogP contribution in [0.5, 0.6) is 0 Å². The Kier molecular flexibility index (Phi) is 3.98. The molecule has 1 aromatic rings. The van der Waals surface area contributed by atoms with Crippen LogP contribution in [0, 0.1) is 0 Å². The molecule has 3 rings (SSSR count). The van der Waals surface area contributed by atoms with Gasteiger partial charge in [-0.25, -0.2) is 0 Å². The molecule has 4 N–H and O–H groups in total. The molecule has 1 amide bonds. The predicted octanol–water partition coefficient (Wildman–Crippen LogP) is 0.268. The van der Waals surface area contributed by atoms with Crippen LogP contribution in [0.1, 0.15) is 12.0 Å². The van der Waals surface area contributed by atoms with E-state index in [1.54, 1.807) is 0 Å². The molecular weight excluding hydrogens is 268 g/mol. The third-order valence-electron chi connectivity index (χ3n) is 4.28.